The maximum Gasteiger partial charge on any atom is 0.270 e. The van der Waals surface area contributed by atoms with Crippen molar-refractivity contribution in [2.75, 3.05) is 18.0 Å². The van der Waals surface area contributed by atoms with Crippen LogP contribution in [-0.2, 0) is 13.1 Å². The third-order valence-electron chi connectivity index (χ3n) is 4.43. The SMILES string of the molecule is CCn1nc(C)cc1CNC(=O)c1cc(C)nc(N2CCCCC2)n1. The van der Waals surface area contributed by atoms with Gasteiger partial charge in [-0.25, -0.2) is 9.97 Å². The van der Waals surface area contributed by atoms with Crippen LogP contribution in [0.15, 0.2) is 12.1 Å². The highest BCUT2D eigenvalue weighted by Crippen LogP contribution is 2.16. The predicted octanol–water partition coefficient (Wildman–Crippen LogP) is 2.23. The molecule has 7 nitrogen and oxygen atoms in total. The first-order valence-electron chi connectivity index (χ1n) is 8.99. The number of hydrogen-bond acceptors (Lipinski definition) is 5. The van der Waals surface area contributed by atoms with Crippen molar-refractivity contribution in [1.29, 1.82) is 0 Å². The summed E-state index contributed by atoms with van der Waals surface area (Å²) in [4.78, 5) is 23.7. The minimum Gasteiger partial charge on any atom is -0.345 e. The van der Waals surface area contributed by atoms with Crippen LogP contribution < -0.4 is 10.2 Å². The highest BCUT2D eigenvalue weighted by molar-refractivity contribution is 5.92. The highest BCUT2D eigenvalue weighted by atomic mass is 16.1. The van der Waals surface area contributed by atoms with E-state index in [9.17, 15) is 4.79 Å². The van der Waals surface area contributed by atoms with Crippen LogP contribution in [0.3, 0.4) is 0 Å². The number of rotatable bonds is 5. The van der Waals surface area contributed by atoms with Gasteiger partial charge in [0.25, 0.3) is 5.91 Å². The van der Waals surface area contributed by atoms with Crippen LogP contribution in [0.4, 0.5) is 5.95 Å². The molecule has 1 fully saturated rings. The second kappa shape index (κ2) is 7.63. The number of aryl methyl sites for hydroxylation is 3. The molecule has 1 saturated heterocycles. The first kappa shape index (κ1) is 17.4. The van der Waals surface area contributed by atoms with Crippen molar-refractivity contribution in [1.82, 2.24) is 25.1 Å². The Morgan fingerprint density at radius 2 is 1.88 bits per heavy atom. The number of hydrogen-bond donors (Lipinski definition) is 1. The number of carbonyl (C=O) groups excluding carboxylic acids is 1. The van der Waals surface area contributed by atoms with Crippen molar-refractivity contribution >= 4 is 11.9 Å². The summed E-state index contributed by atoms with van der Waals surface area (Å²) < 4.78 is 1.90. The molecule has 1 N–H and O–H groups in total. The molecule has 0 saturated carbocycles. The zero-order valence-electron chi connectivity index (χ0n) is 15.2. The number of piperidine rings is 1. The first-order valence-corrected chi connectivity index (χ1v) is 8.99. The number of anilines is 1. The molecule has 1 aliphatic rings. The van der Waals surface area contributed by atoms with Gasteiger partial charge in [0.2, 0.25) is 5.95 Å². The van der Waals surface area contributed by atoms with Crippen LogP contribution in [0, 0.1) is 13.8 Å². The maximum absolute atomic E-state index is 12.6. The molecule has 0 unspecified atom stereocenters. The van der Waals surface area contributed by atoms with Gasteiger partial charge in [-0.05, 0) is 52.2 Å². The van der Waals surface area contributed by atoms with Crippen LogP contribution >= 0.6 is 0 Å². The molecule has 0 radical (unpaired) electrons. The van der Waals surface area contributed by atoms with Gasteiger partial charge in [-0.1, -0.05) is 0 Å². The van der Waals surface area contributed by atoms with Gasteiger partial charge >= 0.3 is 0 Å². The molecule has 0 aliphatic carbocycles. The topological polar surface area (TPSA) is 75.9 Å². The van der Waals surface area contributed by atoms with E-state index < -0.39 is 0 Å². The van der Waals surface area contributed by atoms with Gasteiger partial charge in [0, 0.05) is 25.3 Å². The summed E-state index contributed by atoms with van der Waals surface area (Å²) in [5.41, 5.74) is 3.19. The molecule has 1 aliphatic heterocycles. The Bertz CT molecular complexity index is 748. The first-order chi connectivity index (χ1) is 12.1. The second-order valence-electron chi connectivity index (χ2n) is 6.52. The summed E-state index contributed by atoms with van der Waals surface area (Å²) in [5.74, 6) is 0.490. The fourth-order valence-electron chi connectivity index (χ4n) is 3.18. The zero-order chi connectivity index (χ0) is 17.8. The molecule has 0 aromatic carbocycles. The van der Waals surface area contributed by atoms with Crippen molar-refractivity contribution < 1.29 is 4.79 Å². The van der Waals surface area contributed by atoms with E-state index in [0.717, 1.165) is 49.6 Å². The van der Waals surface area contributed by atoms with Crippen molar-refractivity contribution in [3.05, 3.63) is 34.9 Å². The molecule has 3 heterocycles. The van der Waals surface area contributed by atoms with E-state index in [1.165, 1.54) is 6.42 Å². The predicted molar refractivity (Wildman–Crippen MR) is 96.6 cm³/mol. The Hall–Kier alpha value is -2.44. The van der Waals surface area contributed by atoms with E-state index >= 15 is 0 Å². The van der Waals surface area contributed by atoms with Crippen molar-refractivity contribution in [2.24, 2.45) is 0 Å². The van der Waals surface area contributed by atoms with Gasteiger partial charge in [-0.3, -0.25) is 9.48 Å². The number of nitrogens with zero attached hydrogens (tertiary/aromatic N) is 5. The Kier molecular flexibility index (Phi) is 5.31. The summed E-state index contributed by atoms with van der Waals surface area (Å²) in [6, 6.07) is 3.74. The maximum atomic E-state index is 12.6. The number of amides is 1. The van der Waals surface area contributed by atoms with Gasteiger partial charge in [0.1, 0.15) is 5.69 Å². The van der Waals surface area contributed by atoms with E-state index in [-0.39, 0.29) is 5.91 Å². The average Bonchev–Trinajstić information content (AvgIpc) is 2.99. The largest absolute Gasteiger partial charge is 0.345 e. The molecule has 0 bridgehead atoms. The van der Waals surface area contributed by atoms with Crippen LogP contribution in [-0.4, -0.2) is 38.7 Å². The second-order valence-corrected chi connectivity index (χ2v) is 6.52. The highest BCUT2D eigenvalue weighted by Gasteiger charge is 2.17. The van der Waals surface area contributed by atoms with E-state index in [4.69, 9.17) is 0 Å². The third kappa shape index (κ3) is 4.15. The van der Waals surface area contributed by atoms with Gasteiger partial charge < -0.3 is 10.2 Å². The third-order valence-corrected chi connectivity index (χ3v) is 4.43. The fraction of sp³-hybridized carbons (Fsp3) is 0.556. The van der Waals surface area contributed by atoms with E-state index in [2.05, 4.69) is 25.3 Å². The van der Waals surface area contributed by atoms with Gasteiger partial charge in [0.05, 0.1) is 17.9 Å². The van der Waals surface area contributed by atoms with Crippen LogP contribution in [0.2, 0.25) is 0 Å². The van der Waals surface area contributed by atoms with Gasteiger partial charge in [0.15, 0.2) is 0 Å². The quantitative estimate of drug-likeness (QED) is 0.902. The Labute approximate surface area is 148 Å². The molecule has 2 aromatic rings. The molecule has 1 amide bonds. The van der Waals surface area contributed by atoms with E-state index in [0.29, 0.717) is 18.2 Å². The summed E-state index contributed by atoms with van der Waals surface area (Å²) in [7, 11) is 0. The van der Waals surface area contributed by atoms with Gasteiger partial charge in [-0.15, -0.1) is 0 Å². The summed E-state index contributed by atoms with van der Waals surface area (Å²) in [6.45, 7) is 9.04. The normalized spacial score (nSPS) is 14.6. The number of carbonyl (C=O) groups is 1. The van der Waals surface area contributed by atoms with E-state index in [1.54, 1.807) is 6.07 Å². The molecule has 25 heavy (non-hydrogen) atoms. The van der Waals surface area contributed by atoms with Gasteiger partial charge in [-0.2, -0.15) is 5.10 Å². The molecule has 134 valence electrons. The zero-order valence-corrected chi connectivity index (χ0v) is 15.2. The smallest absolute Gasteiger partial charge is 0.270 e. The molecule has 7 heteroatoms. The van der Waals surface area contributed by atoms with Crippen molar-refractivity contribution in [3.63, 3.8) is 0 Å². The van der Waals surface area contributed by atoms with Crippen LogP contribution in [0.5, 0.6) is 0 Å². The summed E-state index contributed by atoms with van der Waals surface area (Å²) in [5, 5.41) is 7.35. The van der Waals surface area contributed by atoms with Crippen molar-refractivity contribution in [2.45, 2.75) is 53.1 Å². The standard InChI is InChI=1S/C18H26N6O/c1-4-24-15(10-14(3)22-24)12-19-17(25)16-11-13(2)20-18(21-16)23-8-6-5-7-9-23/h10-11H,4-9,12H2,1-3H3,(H,19,25). The minimum absolute atomic E-state index is 0.176. The average molecular weight is 342 g/mol. The molecule has 0 spiro atoms. The monoisotopic (exact) mass is 342 g/mol. The van der Waals surface area contributed by atoms with Crippen molar-refractivity contribution in [3.8, 4) is 0 Å². The number of aromatic nitrogens is 4. The van der Waals surface area contributed by atoms with Crippen LogP contribution in [0.25, 0.3) is 0 Å². The summed E-state index contributed by atoms with van der Waals surface area (Å²) in [6.07, 6.45) is 3.55. The minimum atomic E-state index is -0.176. The molecular weight excluding hydrogens is 316 g/mol. The molecule has 0 atom stereocenters. The summed E-state index contributed by atoms with van der Waals surface area (Å²) >= 11 is 0. The molecule has 3 rings (SSSR count). The lowest BCUT2D eigenvalue weighted by Crippen LogP contribution is -2.32. The lowest BCUT2D eigenvalue weighted by molar-refractivity contribution is 0.0944. The molecule has 2 aromatic heterocycles. The number of nitrogens with one attached hydrogen (secondary N) is 1. The Morgan fingerprint density at radius 3 is 2.60 bits per heavy atom. The van der Waals surface area contributed by atoms with Crippen LogP contribution in [0.1, 0.15) is 53.8 Å². The Morgan fingerprint density at radius 1 is 1.12 bits per heavy atom. The molecular formula is C18H26N6O. The lowest BCUT2D eigenvalue weighted by Gasteiger charge is -2.27. The lowest BCUT2D eigenvalue weighted by atomic mass is 10.1. The fourth-order valence-corrected chi connectivity index (χ4v) is 3.18. The van der Waals surface area contributed by atoms with E-state index in [1.807, 2.05) is 31.5 Å². The Balaban J connectivity index is 1.72.